The smallest absolute Gasteiger partial charge is 0.149 e. The maximum absolute atomic E-state index is 5.63. The van der Waals surface area contributed by atoms with E-state index in [1.54, 1.807) is 6.07 Å². The van der Waals surface area contributed by atoms with Crippen LogP contribution < -0.4 is 16.8 Å². The van der Waals surface area contributed by atoms with Gasteiger partial charge in [0.2, 0.25) is 0 Å². The quantitative estimate of drug-likeness (QED) is 0.813. The summed E-state index contributed by atoms with van der Waals surface area (Å²) >= 11 is 3.43. The number of nitrogens with two attached hydrogens (primary N) is 2. The fraction of sp³-hybridized carbons (Fsp3) is 0.0833. The molecule has 0 fully saturated rings. The Morgan fingerprint density at radius 3 is 2.71 bits per heavy atom. The topological polar surface area (TPSA) is 77.0 Å². The summed E-state index contributed by atoms with van der Waals surface area (Å²) in [5.41, 5.74) is 12.9. The first-order valence-corrected chi connectivity index (χ1v) is 5.95. The zero-order valence-electron chi connectivity index (χ0n) is 9.15. The molecular formula is C12H13BrN4. The summed E-state index contributed by atoms with van der Waals surface area (Å²) in [6.45, 7) is 0.690. The summed E-state index contributed by atoms with van der Waals surface area (Å²) in [6, 6.07) is 11.6. The molecule has 0 atom stereocenters. The molecule has 0 aliphatic carbocycles. The van der Waals surface area contributed by atoms with Crippen LogP contribution in [-0.2, 0) is 6.54 Å². The van der Waals surface area contributed by atoms with Gasteiger partial charge in [-0.1, -0.05) is 28.1 Å². The molecule has 0 spiro atoms. The Bertz CT molecular complexity index is 528. The molecule has 17 heavy (non-hydrogen) atoms. The van der Waals surface area contributed by atoms with E-state index in [0.29, 0.717) is 18.1 Å². The number of pyridine rings is 1. The van der Waals surface area contributed by atoms with Crippen LogP contribution in [0.2, 0.25) is 0 Å². The highest BCUT2D eigenvalue weighted by molar-refractivity contribution is 9.10. The molecule has 0 aliphatic heterocycles. The number of nitrogens with zero attached hydrogens (tertiary/aromatic N) is 1. The maximum Gasteiger partial charge on any atom is 0.149 e. The van der Waals surface area contributed by atoms with E-state index in [-0.39, 0.29) is 0 Å². The van der Waals surface area contributed by atoms with Crippen LogP contribution in [0.15, 0.2) is 40.9 Å². The average molecular weight is 293 g/mol. The molecule has 0 saturated carbocycles. The lowest BCUT2D eigenvalue weighted by molar-refractivity contribution is 1.11. The lowest BCUT2D eigenvalue weighted by Gasteiger charge is -2.07. The minimum atomic E-state index is 0.351. The van der Waals surface area contributed by atoms with Crippen LogP contribution >= 0.6 is 15.9 Å². The van der Waals surface area contributed by atoms with Crippen LogP contribution in [0, 0.1) is 0 Å². The van der Waals surface area contributed by atoms with E-state index in [2.05, 4.69) is 26.2 Å². The third-order valence-electron chi connectivity index (χ3n) is 2.32. The number of aromatic nitrogens is 1. The number of rotatable bonds is 3. The number of halogens is 1. The van der Waals surface area contributed by atoms with Crippen LogP contribution in [-0.4, -0.2) is 4.98 Å². The molecule has 1 aromatic heterocycles. The van der Waals surface area contributed by atoms with E-state index in [4.69, 9.17) is 11.5 Å². The highest BCUT2D eigenvalue weighted by Crippen LogP contribution is 2.16. The standard InChI is InChI=1S/C12H13BrN4/c13-9-3-1-2-8(6-9)7-16-11-5-4-10(14)12(15)17-11/h1-6H,7,14H2,(H3,15,16,17). The second kappa shape index (κ2) is 5.05. The van der Waals surface area contributed by atoms with Crippen molar-refractivity contribution in [3.8, 4) is 0 Å². The first kappa shape index (κ1) is 11.7. The lowest BCUT2D eigenvalue weighted by Crippen LogP contribution is -2.04. The van der Waals surface area contributed by atoms with Crippen molar-refractivity contribution >= 4 is 33.3 Å². The van der Waals surface area contributed by atoms with Crippen LogP contribution in [0.5, 0.6) is 0 Å². The molecule has 0 bridgehead atoms. The zero-order chi connectivity index (χ0) is 12.3. The summed E-state index contributed by atoms with van der Waals surface area (Å²) in [5, 5.41) is 3.19. The molecule has 5 N–H and O–H groups in total. The molecule has 2 rings (SSSR count). The van der Waals surface area contributed by atoms with Crippen LogP contribution in [0.3, 0.4) is 0 Å². The van der Waals surface area contributed by atoms with E-state index in [0.717, 1.165) is 15.9 Å². The Hall–Kier alpha value is -1.75. The highest BCUT2D eigenvalue weighted by Gasteiger charge is 1.99. The summed E-state index contributed by atoms with van der Waals surface area (Å²) < 4.78 is 1.06. The number of benzene rings is 1. The minimum absolute atomic E-state index is 0.351. The van der Waals surface area contributed by atoms with Gasteiger partial charge in [0.25, 0.3) is 0 Å². The Morgan fingerprint density at radius 1 is 1.18 bits per heavy atom. The SMILES string of the molecule is Nc1ccc(NCc2cccc(Br)c2)nc1N. The summed E-state index contributed by atoms with van der Waals surface area (Å²) in [4.78, 5) is 4.14. The molecule has 88 valence electrons. The van der Waals surface area contributed by atoms with Gasteiger partial charge in [0.1, 0.15) is 11.6 Å². The first-order valence-electron chi connectivity index (χ1n) is 5.15. The highest BCUT2D eigenvalue weighted by atomic mass is 79.9. The number of anilines is 3. The zero-order valence-corrected chi connectivity index (χ0v) is 10.7. The molecule has 0 aliphatic rings. The van der Waals surface area contributed by atoms with E-state index in [9.17, 15) is 0 Å². The predicted molar refractivity (Wildman–Crippen MR) is 74.5 cm³/mol. The first-order chi connectivity index (χ1) is 8.15. The van der Waals surface area contributed by atoms with Gasteiger partial charge in [-0.25, -0.2) is 4.98 Å². The minimum Gasteiger partial charge on any atom is -0.396 e. The van der Waals surface area contributed by atoms with E-state index in [1.807, 2.05) is 30.3 Å². The van der Waals surface area contributed by atoms with Gasteiger partial charge in [0.05, 0.1) is 5.69 Å². The monoisotopic (exact) mass is 292 g/mol. The molecular weight excluding hydrogens is 280 g/mol. The summed E-state index contributed by atoms with van der Waals surface area (Å²) in [6.07, 6.45) is 0. The molecule has 4 nitrogen and oxygen atoms in total. The van der Waals surface area contributed by atoms with Crippen molar-refractivity contribution in [3.05, 3.63) is 46.4 Å². The molecule has 0 unspecified atom stereocenters. The van der Waals surface area contributed by atoms with E-state index in [1.165, 1.54) is 0 Å². The second-order valence-electron chi connectivity index (χ2n) is 3.65. The molecule has 0 saturated heterocycles. The number of hydrogen-bond acceptors (Lipinski definition) is 4. The van der Waals surface area contributed by atoms with Gasteiger partial charge >= 0.3 is 0 Å². The number of nitrogen functional groups attached to an aromatic ring is 2. The van der Waals surface area contributed by atoms with Gasteiger partial charge in [0.15, 0.2) is 0 Å². The Kier molecular flexibility index (Phi) is 3.49. The predicted octanol–water partition coefficient (Wildman–Crippen LogP) is 2.62. The molecule has 1 aromatic carbocycles. The van der Waals surface area contributed by atoms with Gasteiger partial charge in [-0.15, -0.1) is 0 Å². The van der Waals surface area contributed by atoms with E-state index >= 15 is 0 Å². The normalized spacial score (nSPS) is 10.2. The van der Waals surface area contributed by atoms with Crippen LogP contribution in [0.4, 0.5) is 17.3 Å². The van der Waals surface area contributed by atoms with Crippen LogP contribution in [0.25, 0.3) is 0 Å². The Balaban J connectivity index is 2.05. The molecule has 0 amide bonds. The summed E-state index contributed by atoms with van der Waals surface area (Å²) in [7, 11) is 0. The summed E-state index contributed by atoms with van der Waals surface area (Å²) in [5.74, 6) is 1.07. The van der Waals surface area contributed by atoms with Gasteiger partial charge in [-0.3, -0.25) is 0 Å². The fourth-order valence-corrected chi connectivity index (χ4v) is 1.87. The molecule has 5 heteroatoms. The Morgan fingerprint density at radius 2 is 2.00 bits per heavy atom. The van der Waals surface area contributed by atoms with Gasteiger partial charge < -0.3 is 16.8 Å². The van der Waals surface area contributed by atoms with Crippen molar-refractivity contribution in [2.75, 3.05) is 16.8 Å². The van der Waals surface area contributed by atoms with Gasteiger partial charge in [0, 0.05) is 11.0 Å². The molecule has 1 heterocycles. The van der Waals surface area contributed by atoms with Gasteiger partial charge in [-0.2, -0.15) is 0 Å². The van der Waals surface area contributed by atoms with E-state index < -0.39 is 0 Å². The van der Waals surface area contributed by atoms with Crippen molar-refractivity contribution < 1.29 is 0 Å². The lowest BCUT2D eigenvalue weighted by atomic mass is 10.2. The fourth-order valence-electron chi connectivity index (χ4n) is 1.42. The van der Waals surface area contributed by atoms with Crippen molar-refractivity contribution in [2.45, 2.75) is 6.54 Å². The van der Waals surface area contributed by atoms with Crippen molar-refractivity contribution in [1.29, 1.82) is 0 Å². The van der Waals surface area contributed by atoms with Crippen molar-refractivity contribution in [2.24, 2.45) is 0 Å². The Labute approximate surface area is 108 Å². The number of nitrogens with one attached hydrogen (secondary N) is 1. The largest absolute Gasteiger partial charge is 0.396 e. The van der Waals surface area contributed by atoms with Crippen molar-refractivity contribution in [1.82, 2.24) is 4.98 Å². The third-order valence-corrected chi connectivity index (χ3v) is 2.81. The van der Waals surface area contributed by atoms with Crippen molar-refractivity contribution in [3.63, 3.8) is 0 Å². The molecule has 2 aromatic rings. The third kappa shape index (κ3) is 3.10. The van der Waals surface area contributed by atoms with Gasteiger partial charge in [-0.05, 0) is 29.8 Å². The second-order valence-corrected chi connectivity index (χ2v) is 4.57. The average Bonchev–Trinajstić information content (AvgIpc) is 2.31. The number of hydrogen-bond donors (Lipinski definition) is 3. The maximum atomic E-state index is 5.63. The van der Waals surface area contributed by atoms with Crippen LogP contribution in [0.1, 0.15) is 5.56 Å². The molecule has 0 radical (unpaired) electrons.